The molecular weight excluding hydrogens is 380 g/mol. The summed E-state index contributed by atoms with van der Waals surface area (Å²) in [7, 11) is -1.88. The fraction of sp³-hybridized carbons (Fsp3) is 0.375. The van der Waals surface area contributed by atoms with Crippen LogP contribution in [0, 0.1) is 5.92 Å². The summed E-state index contributed by atoms with van der Waals surface area (Å²) >= 11 is 7.33. The number of hydrogen-bond donors (Lipinski definition) is 1. The van der Waals surface area contributed by atoms with Crippen LogP contribution in [0.2, 0.25) is 5.02 Å². The maximum atomic E-state index is 12.7. The van der Waals surface area contributed by atoms with Crippen LogP contribution < -0.4 is 4.72 Å². The Morgan fingerprint density at radius 2 is 1.96 bits per heavy atom. The van der Waals surface area contributed by atoms with E-state index in [4.69, 9.17) is 11.6 Å². The second kappa shape index (κ2) is 8.35. The first-order chi connectivity index (χ1) is 11.8. The zero-order valence-electron chi connectivity index (χ0n) is 14.3. The van der Waals surface area contributed by atoms with Gasteiger partial charge in [0.05, 0.1) is 10.9 Å². The molecule has 0 radical (unpaired) electrons. The standard InChI is InChI=1S/C16H21ClN4O2S2/c1-5-10-24-16-19-18-15(21(16)4)14(11(2)3)20-25(22,23)13-8-6-12(17)7-9-13/h5-9,11,14,20H,1,10H2,2-4H3. The second-order valence-corrected chi connectivity index (χ2v) is 8.93. The average molecular weight is 401 g/mol. The summed E-state index contributed by atoms with van der Waals surface area (Å²) in [5.41, 5.74) is 0. The summed E-state index contributed by atoms with van der Waals surface area (Å²) in [6.07, 6.45) is 1.78. The number of aromatic nitrogens is 3. The van der Waals surface area contributed by atoms with Crippen molar-refractivity contribution in [3.63, 3.8) is 0 Å². The van der Waals surface area contributed by atoms with Crippen LogP contribution in [0.25, 0.3) is 0 Å². The van der Waals surface area contributed by atoms with Crippen molar-refractivity contribution < 1.29 is 8.42 Å². The molecule has 1 N–H and O–H groups in total. The van der Waals surface area contributed by atoms with Gasteiger partial charge >= 0.3 is 0 Å². The Morgan fingerprint density at radius 1 is 1.32 bits per heavy atom. The predicted octanol–water partition coefficient (Wildman–Crippen LogP) is 3.42. The molecule has 0 aliphatic heterocycles. The lowest BCUT2D eigenvalue weighted by Gasteiger charge is -2.21. The Balaban J connectivity index is 2.31. The third-order valence-corrected chi connectivity index (χ3v) is 6.27. The van der Waals surface area contributed by atoms with E-state index in [1.54, 1.807) is 18.2 Å². The van der Waals surface area contributed by atoms with Crippen LogP contribution in [0.3, 0.4) is 0 Å². The third-order valence-electron chi connectivity index (χ3n) is 3.55. The lowest BCUT2D eigenvalue weighted by molar-refractivity contribution is 0.431. The van der Waals surface area contributed by atoms with E-state index >= 15 is 0 Å². The highest BCUT2D eigenvalue weighted by Crippen LogP contribution is 2.26. The van der Waals surface area contributed by atoms with Gasteiger partial charge in [0.15, 0.2) is 11.0 Å². The molecule has 6 nitrogen and oxygen atoms in total. The summed E-state index contributed by atoms with van der Waals surface area (Å²) in [6.45, 7) is 7.55. The fourth-order valence-electron chi connectivity index (χ4n) is 2.19. The molecule has 1 atom stereocenters. The largest absolute Gasteiger partial charge is 0.308 e. The Hall–Kier alpha value is -1.35. The molecule has 0 fully saturated rings. The third kappa shape index (κ3) is 4.84. The minimum atomic E-state index is -3.71. The molecule has 0 saturated heterocycles. The highest BCUT2D eigenvalue weighted by atomic mass is 35.5. The molecule has 0 bridgehead atoms. The maximum Gasteiger partial charge on any atom is 0.241 e. The van der Waals surface area contributed by atoms with Gasteiger partial charge in [-0.1, -0.05) is 43.3 Å². The summed E-state index contributed by atoms with van der Waals surface area (Å²) in [5.74, 6) is 1.26. The quantitative estimate of drug-likeness (QED) is 0.542. The smallest absolute Gasteiger partial charge is 0.241 e. The number of thioether (sulfide) groups is 1. The fourth-order valence-corrected chi connectivity index (χ4v) is 4.31. The molecule has 25 heavy (non-hydrogen) atoms. The first-order valence-corrected chi connectivity index (χ1v) is 10.5. The predicted molar refractivity (Wildman–Crippen MR) is 101 cm³/mol. The van der Waals surface area contributed by atoms with Gasteiger partial charge in [-0.05, 0) is 30.2 Å². The topological polar surface area (TPSA) is 76.9 Å². The first-order valence-electron chi connectivity index (χ1n) is 7.67. The molecule has 2 rings (SSSR count). The van der Waals surface area contributed by atoms with Gasteiger partial charge in [-0.2, -0.15) is 0 Å². The molecule has 0 aliphatic carbocycles. The molecule has 0 spiro atoms. The molecule has 1 unspecified atom stereocenters. The van der Waals surface area contributed by atoms with Crippen molar-refractivity contribution in [3.8, 4) is 0 Å². The van der Waals surface area contributed by atoms with Gasteiger partial charge < -0.3 is 4.57 Å². The number of benzene rings is 1. The summed E-state index contributed by atoms with van der Waals surface area (Å²) < 4.78 is 29.9. The van der Waals surface area contributed by atoms with Crippen molar-refractivity contribution >= 4 is 33.4 Å². The molecule has 0 saturated carbocycles. The molecule has 0 aliphatic rings. The Kier molecular flexibility index (Phi) is 6.67. The van der Waals surface area contributed by atoms with E-state index in [9.17, 15) is 8.42 Å². The number of hydrogen-bond acceptors (Lipinski definition) is 5. The van der Waals surface area contributed by atoms with Crippen LogP contribution in [0.4, 0.5) is 0 Å². The van der Waals surface area contributed by atoms with Crippen LogP contribution in [-0.2, 0) is 17.1 Å². The van der Waals surface area contributed by atoms with Gasteiger partial charge in [0, 0.05) is 17.8 Å². The maximum absolute atomic E-state index is 12.7. The van der Waals surface area contributed by atoms with E-state index in [1.807, 2.05) is 25.5 Å². The summed E-state index contributed by atoms with van der Waals surface area (Å²) in [5, 5.41) is 9.54. The van der Waals surface area contributed by atoms with E-state index < -0.39 is 16.1 Å². The van der Waals surface area contributed by atoms with Gasteiger partial charge in [-0.15, -0.1) is 16.8 Å². The minimum absolute atomic E-state index is 0.0118. The zero-order valence-corrected chi connectivity index (χ0v) is 16.7. The Bertz CT molecular complexity index is 832. The molecular formula is C16H21ClN4O2S2. The SMILES string of the molecule is C=CCSc1nnc(C(NS(=O)(=O)c2ccc(Cl)cc2)C(C)C)n1C. The van der Waals surface area contributed by atoms with Crippen molar-refractivity contribution in [2.75, 3.05) is 5.75 Å². The first kappa shape index (κ1) is 20.0. The van der Waals surface area contributed by atoms with Crippen molar-refractivity contribution in [2.45, 2.75) is 29.9 Å². The van der Waals surface area contributed by atoms with E-state index in [2.05, 4.69) is 21.5 Å². The summed E-state index contributed by atoms with van der Waals surface area (Å²) in [6, 6.07) is 5.55. The van der Waals surface area contributed by atoms with Crippen molar-refractivity contribution in [1.29, 1.82) is 0 Å². The number of nitrogens with zero attached hydrogens (tertiary/aromatic N) is 3. The molecule has 1 aromatic heterocycles. The number of rotatable bonds is 8. The molecule has 2 aromatic rings. The second-order valence-electron chi connectivity index (χ2n) is 5.80. The minimum Gasteiger partial charge on any atom is -0.308 e. The van der Waals surface area contributed by atoms with Gasteiger partial charge in [0.2, 0.25) is 10.0 Å². The number of sulfonamides is 1. The number of nitrogens with one attached hydrogen (secondary N) is 1. The van der Waals surface area contributed by atoms with Crippen molar-refractivity contribution in [3.05, 3.63) is 47.8 Å². The van der Waals surface area contributed by atoms with Crippen LogP contribution in [0.1, 0.15) is 25.7 Å². The van der Waals surface area contributed by atoms with Gasteiger partial charge in [-0.25, -0.2) is 13.1 Å². The Labute approximate surface area is 157 Å². The van der Waals surface area contributed by atoms with Gasteiger partial charge in [-0.3, -0.25) is 0 Å². The van der Waals surface area contributed by atoms with E-state index in [1.165, 1.54) is 23.9 Å². The highest BCUT2D eigenvalue weighted by Gasteiger charge is 2.28. The molecule has 0 amide bonds. The van der Waals surface area contributed by atoms with Gasteiger partial charge in [0.1, 0.15) is 0 Å². The lowest BCUT2D eigenvalue weighted by Crippen LogP contribution is -2.33. The van der Waals surface area contributed by atoms with Gasteiger partial charge in [0.25, 0.3) is 0 Å². The van der Waals surface area contributed by atoms with E-state index in [0.29, 0.717) is 21.8 Å². The van der Waals surface area contributed by atoms with Crippen LogP contribution in [0.15, 0.2) is 47.0 Å². The van der Waals surface area contributed by atoms with Crippen LogP contribution in [0.5, 0.6) is 0 Å². The van der Waals surface area contributed by atoms with E-state index in [-0.39, 0.29) is 10.8 Å². The normalized spacial score (nSPS) is 13.2. The highest BCUT2D eigenvalue weighted by molar-refractivity contribution is 7.99. The van der Waals surface area contributed by atoms with Crippen LogP contribution in [-0.4, -0.2) is 28.9 Å². The van der Waals surface area contributed by atoms with Crippen LogP contribution >= 0.6 is 23.4 Å². The molecule has 1 heterocycles. The lowest BCUT2D eigenvalue weighted by atomic mass is 10.1. The van der Waals surface area contributed by atoms with E-state index in [0.717, 1.165) is 0 Å². The average Bonchev–Trinajstić information content (AvgIpc) is 2.91. The molecule has 136 valence electrons. The number of halogens is 1. The molecule has 1 aromatic carbocycles. The zero-order chi connectivity index (χ0) is 18.6. The molecule has 9 heteroatoms. The Morgan fingerprint density at radius 3 is 2.52 bits per heavy atom. The van der Waals surface area contributed by atoms with Crippen molar-refractivity contribution in [1.82, 2.24) is 19.5 Å². The summed E-state index contributed by atoms with van der Waals surface area (Å²) in [4.78, 5) is 0.158. The monoisotopic (exact) mass is 400 g/mol. The van der Waals surface area contributed by atoms with Crippen molar-refractivity contribution in [2.24, 2.45) is 13.0 Å².